The molecule has 17 nitrogen and oxygen atoms in total. The first kappa shape index (κ1) is 87.1. The fourth-order valence-electron chi connectivity index (χ4n) is 10.6. The normalized spacial score (nSPS) is 14.4. The molecule has 0 aromatic carbocycles. The molecule has 0 aromatic rings. The predicted molar refractivity (Wildman–Crippen MR) is 358 cm³/mol. The molecule has 3 unspecified atom stereocenters. The lowest BCUT2D eigenvalue weighted by Crippen LogP contribution is -2.30. The Morgan fingerprint density at radius 1 is 0.326 bits per heavy atom. The maximum atomic E-state index is 13.0. The van der Waals surface area contributed by atoms with Gasteiger partial charge in [-0.1, -0.05) is 305 Å². The molecule has 0 radical (unpaired) electrons. The van der Waals surface area contributed by atoms with Crippen molar-refractivity contribution < 1.29 is 80.2 Å². The molecule has 0 fully saturated rings. The molecule has 0 aliphatic heterocycles. The molecular weight excluding hydrogens is 1170 g/mol. The van der Waals surface area contributed by atoms with Crippen molar-refractivity contribution in [3.05, 3.63) is 0 Å². The van der Waals surface area contributed by atoms with E-state index in [-0.39, 0.29) is 25.7 Å². The third-order valence-corrected chi connectivity index (χ3v) is 18.5. The molecular formula is C70H136O17P2. The Balaban J connectivity index is 5.21. The van der Waals surface area contributed by atoms with Crippen molar-refractivity contribution >= 4 is 39.5 Å². The minimum Gasteiger partial charge on any atom is -0.462 e. The molecule has 0 amide bonds. The van der Waals surface area contributed by atoms with E-state index in [0.717, 1.165) is 115 Å². The molecule has 0 aromatic heterocycles. The van der Waals surface area contributed by atoms with Crippen molar-refractivity contribution in [2.24, 2.45) is 11.8 Å². The molecule has 0 heterocycles. The molecule has 0 aliphatic rings. The lowest BCUT2D eigenvalue weighted by Gasteiger charge is -2.21. The van der Waals surface area contributed by atoms with Crippen molar-refractivity contribution in [1.82, 2.24) is 0 Å². The second-order valence-corrected chi connectivity index (χ2v) is 28.9. The van der Waals surface area contributed by atoms with Crippen molar-refractivity contribution in [2.75, 3.05) is 39.6 Å². The first-order chi connectivity index (χ1) is 42.9. The van der Waals surface area contributed by atoms with Crippen LogP contribution in [0.25, 0.3) is 0 Å². The van der Waals surface area contributed by atoms with Gasteiger partial charge in [-0.25, -0.2) is 9.13 Å². The van der Waals surface area contributed by atoms with Gasteiger partial charge in [0.25, 0.3) is 0 Å². The van der Waals surface area contributed by atoms with Crippen molar-refractivity contribution in [1.29, 1.82) is 0 Å². The van der Waals surface area contributed by atoms with Crippen LogP contribution in [-0.4, -0.2) is 96.7 Å². The summed E-state index contributed by atoms with van der Waals surface area (Å²) in [5.41, 5.74) is 0. The Hall–Kier alpha value is -1.94. The van der Waals surface area contributed by atoms with Gasteiger partial charge in [0.2, 0.25) is 0 Å². The number of hydrogen-bond acceptors (Lipinski definition) is 15. The van der Waals surface area contributed by atoms with Gasteiger partial charge >= 0.3 is 39.5 Å². The Labute approximate surface area is 543 Å². The molecule has 0 saturated carbocycles. The van der Waals surface area contributed by atoms with Crippen LogP contribution in [0.3, 0.4) is 0 Å². The van der Waals surface area contributed by atoms with Crippen LogP contribution in [-0.2, 0) is 65.4 Å². The number of unbranched alkanes of at least 4 members (excludes halogenated alkanes) is 38. The van der Waals surface area contributed by atoms with Crippen molar-refractivity contribution in [2.45, 2.75) is 374 Å². The molecule has 0 bridgehead atoms. The predicted octanol–water partition coefficient (Wildman–Crippen LogP) is 20.0. The number of aliphatic hydroxyl groups is 1. The minimum absolute atomic E-state index is 0.104. The van der Waals surface area contributed by atoms with Crippen LogP contribution in [0.15, 0.2) is 0 Å². The Morgan fingerprint density at radius 2 is 0.573 bits per heavy atom. The zero-order valence-electron chi connectivity index (χ0n) is 57.7. The Bertz CT molecular complexity index is 1740. The van der Waals surface area contributed by atoms with E-state index in [1.165, 1.54) is 161 Å². The number of carbonyl (C=O) groups excluding carboxylic acids is 4. The number of hydrogen-bond donors (Lipinski definition) is 3. The molecule has 3 N–H and O–H groups in total. The Morgan fingerprint density at radius 3 is 0.854 bits per heavy atom. The van der Waals surface area contributed by atoms with E-state index < -0.39 is 97.5 Å². The van der Waals surface area contributed by atoms with Gasteiger partial charge < -0.3 is 33.8 Å². The van der Waals surface area contributed by atoms with Gasteiger partial charge in [-0.2, -0.15) is 0 Å². The van der Waals surface area contributed by atoms with Crippen molar-refractivity contribution in [3.63, 3.8) is 0 Å². The van der Waals surface area contributed by atoms with E-state index >= 15 is 0 Å². The van der Waals surface area contributed by atoms with E-state index in [9.17, 15) is 43.2 Å². The number of ether oxygens (including phenoxy) is 4. The Kier molecular flexibility index (Phi) is 60.8. The molecule has 528 valence electrons. The summed E-state index contributed by atoms with van der Waals surface area (Å²) in [5.74, 6) is -0.601. The fraction of sp³-hybridized carbons (Fsp3) is 0.943. The van der Waals surface area contributed by atoms with Gasteiger partial charge in [0, 0.05) is 25.7 Å². The number of aliphatic hydroxyl groups excluding tert-OH is 1. The highest BCUT2D eigenvalue weighted by Crippen LogP contribution is 2.45. The number of carbonyl (C=O) groups is 4. The summed E-state index contributed by atoms with van der Waals surface area (Å²) in [7, 11) is -9.89. The average molecular weight is 1310 g/mol. The third kappa shape index (κ3) is 63.2. The highest BCUT2D eigenvalue weighted by molar-refractivity contribution is 7.47. The van der Waals surface area contributed by atoms with Crippen molar-refractivity contribution in [3.8, 4) is 0 Å². The highest BCUT2D eigenvalue weighted by atomic mass is 31.2. The minimum atomic E-state index is -4.95. The van der Waals surface area contributed by atoms with E-state index in [1.807, 2.05) is 0 Å². The third-order valence-electron chi connectivity index (χ3n) is 16.6. The molecule has 0 spiro atoms. The van der Waals surface area contributed by atoms with Crippen LogP contribution in [0.1, 0.15) is 356 Å². The van der Waals surface area contributed by atoms with Crippen LogP contribution in [0.5, 0.6) is 0 Å². The topological polar surface area (TPSA) is 237 Å². The standard InChI is InChI=1S/C70H136O17P2/c1-7-10-12-14-16-17-18-19-20-21-22-23-24-29-36-42-48-54-69(74)86-66(59-81-68(73)53-47-41-35-28-26-25-27-34-39-45-51-63(6)9-3)61-85-89(78,79)83-57-64(71)56-82-88(76,77)84-60-65(58-80-67(72)52-46-40-32-15-13-11-8-2)87-70(75)55-49-43-37-31-30-33-38-44-50-62(4)5/h62-66,71H,7-61H2,1-6H3,(H,76,77)(H,78,79)/t63?,64-,65+,66+/m0/s1. The van der Waals surface area contributed by atoms with Crippen LogP contribution in [0, 0.1) is 11.8 Å². The largest absolute Gasteiger partial charge is 0.472 e. The quantitative estimate of drug-likeness (QED) is 0.0222. The van der Waals surface area contributed by atoms with Crippen LogP contribution < -0.4 is 0 Å². The first-order valence-electron chi connectivity index (χ1n) is 36.5. The molecule has 0 saturated heterocycles. The summed E-state index contributed by atoms with van der Waals surface area (Å²) in [6.07, 6.45) is 47.3. The molecule has 0 aliphatic carbocycles. The SMILES string of the molecule is CCCCCCCCCCCCCCCCCCCC(=O)O[C@H](COC(=O)CCCCCCCCCCCCC(C)CC)COP(=O)(O)OC[C@@H](O)COP(=O)(O)OC[C@@H](COC(=O)CCCCCCCCC)OC(=O)CCCCCCCCCCC(C)C. The van der Waals surface area contributed by atoms with Crippen LogP contribution in [0.4, 0.5) is 0 Å². The van der Waals surface area contributed by atoms with Gasteiger partial charge in [-0.3, -0.25) is 37.3 Å². The maximum Gasteiger partial charge on any atom is 0.472 e. The monoisotopic (exact) mass is 1310 g/mol. The molecule has 6 atom stereocenters. The van der Waals surface area contributed by atoms with E-state index in [0.29, 0.717) is 25.7 Å². The average Bonchev–Trinajstić information content (AvgIpc) is 3.71. The lowest BCUT2D eigenvalue weighted by atomic mass is 9.99. The van der Waals surface area contributed by atoms with Gasteiger partial charge in [-0.05, 0) is 37.5 Å². The molecule has 0 rings (SSSR count). The van der Waals surface area contributed by atoms with E-state index in [4.69, 9.17) is 37.0 Å². The second-order valence-electron chi connectivity index (χ2n) is 26.0. The summed E-state index contributed by atoms with van der Waals surface area (Å²) in [6, 6.07) is 0. The lowest BCUT2D eigenvalue weighted by molar-refractivity contribution is -0.161. The van der Waals surface area contributed by atoms with E-state index in [1.54, 1.807) is 0 Å². The first-order valence-corrected chi connectivity index (χ1v) is 39.5. The summed E-state index contributed by atoms with van der Waals surface area (Å²) in [6.45, 7) is 9.50. The summed E-state index contributed by atoms with van der Waals surface area (Å²) < 4.78 is 68.2. The van der Waals surface area contributed by atoms with Gasteiger partial charge in [-0.15, -0.1) is 0 Å². The number of phosphoric acid groups is 2. The van der Waals surface area contributed by atoms with Gasteiger partial charge in [0.1, 0.15) is 19.3 Å². The molecule has 89 heavy (non-hydrogen) atoms. The van der Waals surface area contributed by atoms with Gasteiger partial charge in [0.15, 0.2) is 12.2 Å². The zero-order chi connectivity index (χ0) is 65.7. The summed E-state index contributed by atoms with van der Waals surface area (Å²) in [5, 5.41) is 10.6. The summed E-state index contributed by atoms with van der Waals surface area (Å²) in [4.78, 5) is 72.4. The number of phosphoric ester groups is 2. The zero-order valence-corrected chi connectivity index (χ0v) is 59.5. The number of esters is 4. The maximum absolute atomic E-state index is 13.0. The van der Waals surface area contributed by atoms with Gasteiger partial charge in [0.05, 0.1) is 26.4 Å². The van der Waals surface area contributed by atoms with Crippen LogP contribution in [0.2, 0.25) is 0 Å². The molecule has 19 heteroatoms. The summed E-state index contributed by atoms with van der Waals surface area (Å²) >= 11 is 0. The second kappa shape index (κ2) is 62.2. The number of rotatable bonds is 69. The fourth-order valence-corrected chi connectivity index (χ4v) is 12.1. The highest BCUT2D eigenvalue weighted by Gasteiger charge is 2.30. The van der Waals surface area contributed by atoms with E-state index in [2.05, 4.69) is 41.5 Å². The van der Waals surface area contributed by atoms with Crippen LogP contribution >= 0.6 is 15.6 Å². The smallest absolute Gasteiger partial charge is 0.462 e.